The van der Waals surface area contributed by atoms with Crippen molar-refractivity contribution in [2.45, 2.75) is 62.8 Å². The van der Waals surface area contributed by atoms with Crippen molar-refractivity contribution in [2.75, 3.05) is 19.9 Å². The fourth-order valence-electron chi connectivity index (χ4n) is 3.88. The Bertz CT molecular complexity index is 748. The molecule has 0 bridgehead atoms. The van der Waals surface area contributed by atoms with Crippen LogP contribution in [0.2, 0.25) is 0 Å². The second-order valence-corrected chi connectivity index (χ2v) is 9.67. The summed E-state index contributed by atoms with van der Waals surface area (Å²) in [6.07, 6.45) is 2.82. The van der Waals surface area contributed by atoms with Crippen molar-refractivity contribution >= 4 is 30.0 Å². The number of thioether (sulfide) groups is 1. The second-order valence-electron chi connectivity index (χ2n) is 8.53. The van der Waals surface area contributed by atoms with E-state index in [-0.39, 0.29) is 23.0 Å². The number of ether oxygens (including phenoxy) is 1. The number of aliphatic hydroxyl groups excluding tert-OH is 1. The molecule has 1 aromatic rings. The first kappa shape index (κ1) is 26.2. The first-order chi connectivity index (χ1) is 15.3. The summed E-state index contributed by atoms with van der Waals surface area (Å²) in [7, 11) is 1.37. The number of methoxy groups -OCH3 is 1. The van der Waals surface area contributed by atoms with E-state index in [2.05, 4.69) is 10.6 Å². The second kappa shape index (κ2) is 12.8. The molecule has 5 atom stereocenters. The van der Waals surface area contributed by atoms with Gasteiger partial charge in [0.1, 0.15) is 12.1 Å². The van der Waals surface area contributed by atoms with E-state index in [9.17, 15) is 19.5 Å². The molecule has 9 heteroatoms. The van der Waals surface area contributed by atoms with Gasteiger partial charge in [0.2, 0.25) is 18.2 Å². The Morgan fingerprint density at radius 1 is 1.28 bits per heavy atom. The van der Waals surface area contributed by atoms with Gasteiger partial charge in [-0.15, -0.1) is 0 Å². The summed E-state index contributed by atoms with van der Waals surface area (Å²) in [5, 5.41) is 16.2. The van der Waals surface area contributed by atoms with E-state index in [1.54, 1.807) is 11.8 Å². The third-order valence-corrected chi connectivity index (χ3v) is 6.63. The number of hydrogen-bond donors (Lipinski definition) is 3. The minimum Gasteiger partial charge on any atom is -0.366 e. The van der Waals surface area contributed by atoms with E-state index >= 15 is 0 Å². The Morgan fingerprint density at radius 2 is 1.97 bits per heavy atom. The van der Waals surface area contributed by atoms with Gasteiger partial charge in [-0.1, -0.05) is 44.2 Å². The maximum Gasteiger partial charge on any atom is 0.243 e. The summed E-state index contributed by atoms with van der Waals surface area (Å²) >= 11 is 1.62. The number of rotatable bonds is 12. The lowest BCUT2D eigenvalue weighted by Crippen LogP contribution is -2.56. The summed E-state index contributed by atoms with van der Waals surface area (Å²) in [4.78, 5) is 39.0. The molecule has 3 amide bonds. The van der Waals surface area contributed by atoms with Crippen LogP contribution in [0, 0.1) is 5.92 Å². The number of benzene rings is 1. The highest BCUT2D eigenvalue weighted by molar-refractivity contribution is 7.99. The molecule has 0 spiro atoms. The summed E-state index contributed by atoms with van der Waals surface area (Å²) in [5.41, 5.74) is 0.939. The highest BCUT2D eigenvalue weighted by atomic mass is 32.2. The molecule has 3 N–H and O–H groups in total. The average molecular weight is 466 g/mol. The lowest BCUT2D eigenvalue weighted by Gasteiger charge is -2.28. The zero-order chi connectivity index (χ0) is 23.7. The van der Waals surface area contributed by atoms with Crippen molar-refractivity contribution in [3.05, 3.63) is 35.9 Å². The molecule has 8 nitrogen and oxygen atoms in total. The minimum atomic E-state index is -1.20. The van der Waals surface area contributed by atoms with Crippen LogP contribution in [0.15, 0.2) is 30.3 Å². The van der Waals surface area contributed by atoms with E-state index in [0.29, 0.717) is 32.2 Å². The molecule has 0 saturated carbocycles. The summed E-state index contributed by atoms with van der Waals surface area (Å²) in [5.74, 6) is -0.571. The van der Waals surface area contributed by atoms with Gasteiger partial charge >= 0.3 is 0 Å². The van der Waals surface area contributed by atoms with E-state index < -0.39 is 24.4 Å². The standard InChI is InChI=1S/C23H35N3O5S/c1-15(2)10-18(24-22(29)20-12-17(32-4)13-26(20)14-27)21(28)25-19(23(30)31-3)11-16-8-6-5-7-9-16/h5-9,14-15,17-20,23,30H,10-13H2,1-4H3,(H,24,29)(H,25,28)/t17-,18+,19+,20+,23?/m1/s1. The molecule has 1 unspecified atom stereocenters. The molecule has 1 aliphatic heterocycles. The first-order valence-corrected chi connectivity index (χ1v) is 12.2. The normalized spacial score (nSPS) is 21.1. The average Bonchev–Trinajstić information content (AvgIpc) is 3.21. The highest BCUT2D eigenvalue weighted by Gasteiger charge is 2.37. The van der Waals surface area contributed by atoms with Crippen molar-refractivity contribution < 1.29 is 24.2 Å². The SMILES string of the molecule is COC(O)[C@H](Cc1ccccc1)NC(=O)[C@H](CC(C)C)NC(=O)[C@@H]1C[C@@H](SC)CN1C=O. The molecule has 0 aliphatic carbocycles. The summed E-state index contributed by atoms with van der Waals surface area (Å²) in [6, 6.07) is 7.43. The van der Waals surface area contributed by atoms with Gasteiger partial charge in [-0.2, -0.15) is 11.8 Å². The zero-order valence-electron chi connectivity index (χ0n) is 19.2. The molecule has 2 rings (SSSR count). The predicted molar refractivity (Wildman–Crippen MR) is 125 cm³/mol. The number of hydrogen-bond acceptors (Lipinski definition) is 6. The Morgan fingerprint density at radius 3 is 2.53 bits per heavy atom. The molecule has 1 saturated heterocycles. The molecule has 1 aliphatic rings. The van der Waals surface area contributed by atoms with Crippen molar-refractivity contribution in [1.82, 2.24) is 15.5 Å². The van der Waals surface area contributed by atoms with Crippen LogP contribution in [0.4, 0.5) is 0 Å². The monoisotopic (exact) mass is 465 g/mol. The number of amides is 3. The van der Waals surface area contributed by atoms with Crippen molar-refractivity contribution in [1.29, 1.82) is 0 Å². The van der Waals surface area contributed by atoms with Crippen LogP contribution < -0.4 is 10.6 Å². The van der Waals surface area contributed by atoms with E-state index in [1.165, 1.54) is 12.0 Å². The van der Waals surface area contributed by atoms with Crippen LogP contribution in [0.5, 0.6) is 0 Å². The van der Waals surface area contributed by atoms with Gasteiger partial charge in [0, 0.05) is 18.9 Å². The third kappa shape index (κ3) is 7.50. The van der Waals surface area contributed by atoms with Crippen LogP contribution >= 0.6 is 11.8 Å². The molecule has 1 aromatic carbocycles. The van der Waals surface area contributed by atoms with Gasteiger partial charge in [0.25, 0.3) is 0 Å². The molecule has 1 fully saturated rings. The van der Waals surface area contributed by atoms with Gasteiger partial charge < -0.3 is 25.4 Å². The lowest BCUT2D eigenvalue weighted by molar-refractivity contribution is -0.137. The van der Waals surface area contributed by atoms with Crippen molar-refractivity contribution in [2.24, 2.45) is 5.92 Å². The van der Waals surface area contributed by atoms with Gasteiger partial charge in [0.15, 0.2) is 6.29 Å². The van der Waals surface area contributed by atoms with Crippen LogP contribution in [-0.4, -0.2) is 77.8 Å². The first-order valence-electron chi connectivity index (χ1n) is 10.9. The fourth-order valence-corrected chi connectivity index (χ4v) is 4.57. The van der Waals surface area contributed by atoms with E-state index in [4.69, 9.17) is 4.74 Å². The lowest BCUT2D eigenvalue weighted by atomic mass is 10.0. The fraction of sp³-hybridized carbons (Fsp3) is 0.609. The van der Waals surface area contributed by atoms with E-state index in [1.807, 2.05) is 50.4 Å². The van der Waals surface area contributed by atoms with Gasteiger partial charge in [-0.05, 0) is 37.0 Å². The number of likely N-dealkylation sites (tertiary alicyclic amines) is 1. The Hall–Kier alpha value is -2.10. The van der Waals surface area contributed by atoms with Gasteiger partial charge in [0.05, 0.1) is 6.04 Å². The minimum absolute atomic E-state index is 0.149. The summed E-state index contributed by atoms with van der Waals surface area (Å²) in [6.45, 7) is 4.45. The van der Waals surface area contributed by atoms with Crippen molar-refractivity contribution in [3.63, 3.8) is 0 Å². The number of carbonyl (C=O) groups is 3. The largest absolute Gasteiger partial charge is 0.366 e. The molecule has 1 heterocycles. The number of aliphatic hydroxyl groups is 1. The van der Waals surface area contributed by atoms with Gasteiger partial charge in [-0.25, -0.2) is 0 Å². The maximum atomic E-state index is 13.1. The molecule has 0 radical (unpaired) electrons. The smallest absolute Gasteiger partial charge is 0.243 e. The number of nitrogens with one attached hydrogen (secondary N) is 2. The molecule has 32 heavy (non-hydrogen) atoms. The van der Waals surface area contributed by atoms with Crippen molar-refractivity contribution in [3.8, 4) is 0 Å². The maximum absolute atomic E-state index is 13.1. The zero-order valence-corrected chi connectivity index (χ0v) is 20.0. The Kier molecular flexibility index (Phi) is 10.5. The predicted octanol–water partition coefficient (Wildman–Crippen LogP) is 1.17. The quantitative estimate of drug-likeness (QED) is 0.316. The molecular formula is C23H35N3O5S. The third-order valence-electron chi connectivity index (χ3n) is 5.62. The number of carbonyl (C=O) groups excluding carboxylic acids is 3. The van der Waals surface area contributed by atoms with E-state index in [0.717, 1.165) is 5.56 Å². The highest BCUT2D eigenvalue weighted by Crippen LogP contribution is 2.25. The molecule has 178 valence electrons. The number of nitrogens with zero attached hydrogens (tertiary/aromatic N) is 1. The van der Waals surface area contributed by atoms with Crippen LogP contribution in [-0.2, 0) is 25.5 Å². The van der Waals surface area contributed by atoms with Gasteiger partial charge in [-0.3, -0.25) is 14.4 Å². The van der Waals surface area contributed by atoms with Crippen LogP contribution in [0.3, 0.4) is 0 Å². The topological polar surface area (TPSA) is 108 Å². The Labute approximate surface area is 194 Å². The molecular weight excluding hydrogens is 430 g/mol. The summed E-state index contributed by atoms with van der Waals surface area (Å²) < 4.78 is 5.07. The molecule has 0 aromatic heterocycles. The van der Waals surface area contributed by atoms with Crippen LogP contribution in [0.25, 0.3) is 0 Å². The Balaban J connectivity index is 2.11. The van der Waals surface area contributed by atoms with Crippen LogP contribution in [0.1, 0.15) is 32.3 Å².